The van der Waals surface area contributed by atoms with E-state index >= 15 is 0 Å². The van der Waals surface area contributed by atoms with Gasteiger partial charge in [0, 0.05) is 37.1 Å². The molecule has 4 rings (SSSR count). The van der Waals surface area contributed by atoms with Gasteiger partial charge in [0.25, 0.3) is 11.5 Å². The van der Waals surface area contributed by atoms with Crippen molar-refractivity contribution in [3.8, 4) is 0 Å². The maximum atomic E-state index is 12.8. The van der Waals surface area contributed by atoms with Crippen molar-refractivity contribution < 1.29 is 9.59 Å². The van der Waals surface area contributed by atoms with Crippen LogP contribution in [0.4, 0.5) is 0 Å². The van der Waals surface area contributed by atoms with E-state index in [1.54, 1.807) is 28.0 Å². The molecule has 1 aliphatic rings. The number of nitrogens with one attached hydrogen (secondary N) is 1. The molecule has 2 amide bonds. The fourth-order valence-corrected chi connectivity index (χ4v) is 3.60. The molecule has 1 aliphatic heterocycles. The number of hydrogen-bond donors (Lipinski definition) is 1. The third-order valence-corrected chi connectivity index (χ3v) is 5.31. The van der Waals surface area contributed by atoms with Crippen molar-refractivity contribution in [2.24, 2.45) is 0 Å². The van der Waals surface area contributed by atoms with E-state index in [2.05, 4.69) is 10.2 Å². The highest BCUT2D eigenvalue weighted by molar-refractivity contribution is 5.94. The van der Waals surface area contributed by atoms with E-state index in [1.165, 1.54) is 0 Å². The zero-order chi connectivity index (χ0) is 20.4. The van der Waals surface area contributed by atoms with Gasteiger partial charge in [-0.3, -0.25) is 14.4 Å². The molecule has 148 valence electrons. The van der Waals surface area contributed by atoms with Crippen molar-refractivity contribution in [3.63, 3.8) is 0 Å². The fraction of sp³-hybridized carbons (Fsp3) is 0.273. The highest BCUT2D eigenvalue weighted by Crippen LogP contribution is 2.15. The zero-order valence-corrected chi connectivity index (χ0v) is 16.2. The number of carbonyl (C=O) groups is 2. The van der Waals surface area contributed by atoms with Gasteiger partial charge in [0.2, 0.25) is 5.91 Å². The second kappa shape index (κ2) is 7.87. The van der Waals surface area contributed by atoms with Crippen LogP contribution in [0.25, 0.3) is 10.8 Å². The van der Waals surface area contributed by atoms with Crippen LogP contribution in [0, 0.1) is 6.92 Å². The zero-order valence-electron chi connectivity index (χ0n) is 16.2. The molecule has 0 atom stereocenters. The van der Waals surface area contributed by atoms with Gasteiger partial charge in [-0.25, -0.2) is 5.10 Å². The lowest BCUT2D eigenvalue weighted by Crippen LogP contribution is -2.51. The van der Waals surface area contributed by atoms with Gasteiger partial charge < -0.3 is 9.80 Å². The van der Waals surface area contributed by atoms with Crippen LogP contribution in [0.15, 0.2) is 53.3 Å². The lowest BCUT2D eigenvalue weighted by atomic mass is 10.1. The fourth-order valence-electron chi connectivity index (χ4n) is 3.60. The number of H-pyrrole nitrogens is 1. The number of hydrogen-bond acceptors (Lipinski definition) is 4. The highest BCUT2D eigenvalue weighted by atomic mass is 16.2. The average Bonchev–Trinajstić information content (AvgIpc) is 2.76. The summed E-state index contributed by atoms with van der Waals surface area (Å²) in [6.45, 7) is 3.95. The maximum Gasteiger partial charge on any atom is 0.272 e. The number of aromatic amines is 1. The number of benzene rings is 2. The largest absolute Gasteiger partial charge is 0.339 e. The number of aryl methyl sites for hydroxylation is 1. The minimum Gasteiger partial charge on any atom is -0.339 e. The van der Waals surface area contributed by atoms with Gasteiger partial charge >= 0.3 is 0 Å². The van der Waals surface area contributed by atoms with Gasteiger partial charge in [-0.2, -0.15) is 5.10 Å². The van der Waals surface area contributed by atoms with Crippen LogP contribution in [-0.4, -0.2) is 58.0 Å². The van der Waals surface area contributed by atoms with Gasteiger partial charge in [-0.1, -0.05) is 35.9 Å². The molecule has 1 saturated heterocycles. The first-order valence-corrected chi connectivity index (χ1v) is 9.63. The van der Waals surface area contributed by atoms with Crippen molar-refractivity contribution in [3.05, 3.63) is 75.7 Å². The molecule has 2 aromatic carbocycles. The number of piperazine rings is 1. The van der Waals surface area contributed by atoms with Crippen LogP contribution in [0.1, 0.15) is 21.6 Å². The van der Waals surface area contributed by atoms with Crippen LogP contribution in [-0.2, 0) is 11.2 Å². The van der Waals surface area contributed by atoms with Crippen molar-refractivity contribution in [1.29, 1.82) is 0 Å². The summed E-state index contributed by atoms with van der Waals surface area (Å²) in [6.07, 6.45) is 0.114. The van der Waals surface area contributed by atoms with Gasteiger partial charge in [0.15, 0.2) is 0 Å². The predicted octanol–water partition coefficient (Wildman–Crippen LogP) is 1.76. The van der Waals surface area contributed by atoms with Crippen molar-refractivity contribution in [1.82, 2.24) is 20.0 Å². The summed E-state index contributed by atoms with van der Waals surface area (Å²) in [5.41, 5.74) is 2.07. The van der Waals surface area contributed by atoms with Crippen molar-refractivity contribution in [2.45, 2.75) is 13.3 Å². The second-order valence-corrected chi connectivity index (χ2v) is 7.26. The summed E-state index contributed by atoms with van der Waals surface area (Å²) in [5, 5.41) is 7.77. The topological polar surface area (TPSA) is 86.4 Å². The van der Waals surface area contributed by atoms with E-state index in [-0.39, 0.29) is 23.8 Å². The molecule has 0 unspecified atom stereocenters. The number of rotatable bonds is 3. The number of carbonyl (C=O) groups excluding carboxylic acids is 2. The first-order chi connectivity index (χ1) is 14.0. The molecule has 0 aliphatic carbocycles. The Hall–Kier alpha value is -3.48. The monoisotopic (exact) mass is 390 g/mol. The van der Waals surface area contributed by atoms with Gasteiger partial charge in [-0.15, -0.1) is 0 Å². The highest BCUT2D eigenvalue weighted by Gasteiger charge is 2.25. The number of amides is 2. The molecule has 0 radical (unpaired) electrons. The molecule has 7 nitrogen and oxygen atoms in total. The summed E-state index contributed by atoms with van der Waals surface area (Å²) >= 11 is 0. The SMILES string of the molecule is Cc1ccc(C(=O)N2CCN(C(=O)Cc3n[nH]c(=O)c4ccccc34)CC2)cc1. The average molecular weight is 390 g/mol. The molecule has 29 heavy (non-hydrogen) atoms. The molecule has 0 saturated carbocycles. The van der Waals surface area contributed by atoms with Crippen LogP contribution >= 0.6 is 0 Å². The quantitative estimate of drug-likeness (QED) is 0.738. The molecule has 3 aromatic rings. The Kier molecular flexibility index (Phi) is 5.12. The van der Waals surface area contributed by atoms with Crippen LogP contribution in [0.5, 0.6) is 0 Å². The lowest BCUT2D eigenvalue weighted by molar-refractivity contribution is -0.132. The maximum absolute atomic E-state index is 12.8. The molecule has 1 N–H and O–H groups in total. The molecular formula is C22H22N4O3. The number of fused-ring (bicyclic) bond motifs is 1. The van der Waals surface area contributed by atoms with Gasteiger partial charge in [0.05, 0.1) is 17.5 Å². The van der Waals surface area contributed by atoms with Crippen molar-refractivity contribution in [2.75, 3.05) is 26.2 Å². The van der Waals surface area contributed by atoms with Crippen LogP contribution in [0.2, 0.25) is 0 Å². The summed E-state index contributed by atoms with van der Waals surface area (Å²) in [6, 6.07) is 14.7. The molecule has 1 fully saturated rings. The Morgan fingerprint density at radius 2 is 1.55 bits per heavy atom. The van der Waals surface area contributed by atoms with Gasteiger partial charge in [-0.05, 0) is 25.1 Å². The first kappa shape index (κ1) is 18.9. The molecule has 0 spiro atoms. The van der Waals surface area contributed by atoms with Crippen LogP contribution in [0.3, 0.4) is 0 Å². The Labute approximate surface area is 167 Å². The van der Waals surface area contributed by atoms with E-state index in [0.717, 1.165) is 5.56 Å². The third-order valence-electron chi connectivity index (χ3n) is 5.31. The molecule has 7 heteroatoms. The summed E-state index contributed by atoms with van der Waals surface area (Å²) in [5.74, 6) is -0.0671. The Morgan fingerprint density at radius 1 is 0.931 bits per heavy atom. The second-order valence-electron chi connectivity index (χ2n) is 7.26. The number of aromatic nitrogens is 2. The number of nitrogens with zero attached hydrogens (tertiary/aromatic N) is 3. The standard InChI is InChI=1S/C22H22N4O3/c1-15-6-8-16(9-7-15)22(29)26-12-10-25(11-13-26)20(27)14-19-17-4-2-3-5-18(17)21(28)24-23-19/h2-9H,10-14H2,1H3,(H,24,28). The third kappa shape index (κ3) is 3.89. The van der Waals surface area contributed by atoms with E-state index in [4.69, 9.17) is 0 Å². The minimum atomic E-state index is -0.264. The molecule has 1 aromatic heterocycles. The minimum absolute atomic E-state index is 0.00889. The first-order valence-electron chi connectivity index (χ1n) is 9.63. The predicted molar refractivity (Wildman–Crippen MR) is 110 cm³/mol. The Balaban J connectivity index is 1.41. The smallest absolute Gasteiger partial charge is 0.272 e. The van der Waals surface area contributed by atoms with Gasteiger partial charge in [0.1, 0.15) is 0 Å². The Morgan fingerprint density at radius 3 is 2.24 bits per heavy atom. The van der Waals surface area contributed by atoms with E-state index in [0.29, 0.717) is 48.2 Å². The summed E-state index contributed by atoms with van der Waals surface area (Å²) in [7, 11) is 0. The summed E-state index contributed by atoms with van der Waals surface area (Å²) < 4.78 is 0. The summed E-state index contributed by atoms with van der Waals surface area (Å²) in [4.78, 5) is 40.8. The molecular weight excluding hydrogens is 368 g/mol. The van der Waals surface area contributed by atoms with E-state index in [9.17, 15) is 14.4 Å². The van der Waals surface area contributed by atoms with E-state index < -0.39 is 0 Å². The normalized spacial score (nSPS) is 14.2. The van der Waals surface area contributed by atoms with Crippen molar-refractivity contribution >= 4 is 22.6 Å². The van der Waals surface area contributed by atoms with Crippen LogP contribution < -0.4 is 5.56 Å². The molecule has 0 bridgehead atoms. The Bertz CT molecular complexity index is 1110. The molecule has 2 heterocycles. The van der Waals surface area contributed by atoms with E-state index in [1.807, 2.05) is 37.3 Å². The lowest BCUT2D eigenvalue weighted by Gasteiger charge is -2.35.